The molecule has 0 saturated heterocycles. The highest BCUT2D eigenvalue weighted by Gasteiger charge is 2.20. The number of hydrogen-bond donors (Lipinski definition) is 3. The summed E-state index contributed by atoms with van der Waals surface area (Å²) in [5, 5.41) is 14.0. The Morgan fingerprint density at radius 2 is 1.95 bits per heavy atom. The van der Waals surface area contributed by atoms with E-state index in [0.29, 0.717) is 18.4 Å². The van der Waals surface area contributed by atoms with Gasteiger partial charge >= 0.3 is 12.0 Å². The minimum atomic E-state index is -1.06. The summed E-state index contributed by atoms with van der Waals surface area (Å²) < 4.78 is 13.4. The summed E-state index contributed by atoms with van der Waals surface area (Å²) >= 11 is 0. The lowest BCUT2D eigenvalue weighted by Gasteiger charge is -2.17. The summed E-state index contributed by atoms with van der Waals surface area (Å²) in [6.07, 6.45) is 0.706. The van der Waals surface area contributed by atoms with Crippen LogP contribution < -0.4 is 10.6 Å². The zero-order valence-electron chi connectivity index (χ0n) is 12.2. The average Bonchev–Trinajstić information content (AvgIpc) is 2.39. The van der Waals surface area contributed by atoms with Crippen molar-refractivity contribution in [1.82, 2.24) is 10.6 Å². The molecule has 0 bridgehead atoms. The molecule has 0 aliphatic heterocycles. The molecular weight excluding hydrogens is 275 g/mol. The number of carbonyl (C=O) groups is 2. The monoisotopic (exact) mass is 296 g/mol. The number of carboxylic acid groups (broad SMARTS) is 1. The number of rotatable bonds is 7. The molecule has 3 N–H and O–H groups in total. The van der Waals surface area contributed by atoms with Gasteiger partial charge < -0.3 is 15.7 Å². The van der Waals surface area contributed by atoms with E-state index in [1.165, 1.54) is 6.07 Å². The van der Waals surface area contributed by atoms with Gasteiger partial charge in [-0.05, 0) is 30.4 Å². The van der Waals surface area contributed by atoms with Gasteiger partial charge in [0.15, 0.2) is 0 Å². The quantitative estimate of drug-likeness (QED) is 0.721. The number of urea groups is 1. The van der Waals surface area contributed by atoms with Crippen molar-refractivity contribution in [2.24, 2.45) is 5.92 Å². The van der Waals surface area contributed by atoms with Crippen molar-refractivity contribution in [3.63, 3.8) is 0 Å². The predicted molar refractivity (Wildman–Crippen MR) is 77.5 cm³/mol. The van der Waals surface area contributed by atoms with Gasteiger partial charge in [-0.1, -0.05) is 32.0 Å². The first kappa shape index (κ1) is 16.9. The fourth-order valence-corrected chi connectivity index (χ4v) is 1.91. The lowest BCUT2D eigenvalue weighted by atomic mass is 10.0. The lowest BCUT2D eigenvalue weighted by Crippen LogP contribution is -2.47. The van der Waals surface area contributed by atoms with Gasteiger partial charge in [0, 0.05) is 6.54 Å². The van der Waals surface area contributed by atoms with E-state index < -0.39 is 18.0 Å². The molecule has 6 heteroatoms. The molecule has 0 unspecified atom stereocenters. The Balaban J connectivity index is 2.39. The maximum atomic E-state index is 13.4. The summed E-state index contributed by atoms with van der Waals surface area (Å²) in [7, 11) is 0. The maximum Gasteiger partial charge on any atom is 0.326 e. The number of aliphatic carboxylic acids is 1. The highest BCUT2D eigenvalue weighted by atomic mass is 19.1. The Morgan fingerprint density at radius 3 is 2.52 bits per heavy atom. The number of nitrogens with one attached hydrogen (secondary N) is 2. The summed E-state index contributed by atoms with van der Waals surface area (Å²) in [6.45, 7) is 4.00. The molecule has 21 heavy (non-hydrogen) atoms. The van der Waals surface area contributed by atoms with E-state index in [0.717, 1.165) is 0 Å². The van der Waals surface area contributed by atoms with Gasteiger partial charge in [-0.2, -0.15) is 0 Å². The van der Waals surface area contributed by atoms with Crippen molar-refractivity contribution >= 4 is 12.0 Å². The summed E-state index contributed by atoms with van der Waals surface area (Å²) in [5.41, 5.74) is 0.509. The molecule has 0 fully saturated rings. The Kier molecular flexibility index (Phi) is 6.65. The molecule has 5 nitrogen and oxygen atoms in total. The van der Waals surface area contributed by atoms with Crippen molar-refractivity contribution < 1.29 is 19.1 Å². The second-order valence-electron chi connectivity index (χ2n) is 5.26. The molecule has 116 valence electrons. The molecule has 0 aliphatic rings. The van der Waals surface area contributed by atoms with E-state index in [4.69, 9.17) is 5.11 Å². The van der Waals surface area contributed by atoms with Crippen LogP contribution in [-0.4, -0.2) is 29.7 Å². The molecular formula is C15H21FN2O3. The summed E-state index contributed by atoms with van der Waals surface area (Å²) in [5.74, 6) is -1.22. The van der Waals surface area contributed by atoms with Gasteiger partial charge in [-0.25, -0.2) is 14.0 Å². The first-order valence-electron chi connectivity index (χ1n) is 6.90. The zero-order valence-corrected chi connectivity index (χ0v) is 12.2. The van der Waals surface area contributed by atoms with Crippen LogP contribution in [0.15, 0.2) is 24.3 Å². The van der Waals surface area contributed by atoms with Crippen LogP contribution in [0.25, 0.3) is 0 Å². The van der Waals surface area contributed by atoms with Crippen molar-refractivity contribution in [3.8, 4) is 0 Å². The van der Waals surface area contributed by atoms with Crippen molar-refractivity contribution in [2.75, 3.05) is 6.54 Å². The molecule has 2 amide bonds. The Morgan fingerprint density at radius 1 is 1.29 bits per heavy atom. The number of amides is 2. The molecule has 0 radical (unpaired) electrons. The maximum absolute atomic E-state index is 13.4. The Labute approximate surface area is 123 Å². The van der Waals surface area contributed by atoms with E-state index in [1.54, 1.807) is 18.2 Å². The molecule has 0 aromatic heterocycles. The van der Waals surface area contributed by atoms with Crippen LogP contribution in [0, 0.1) is 11.7 Å². The average molecular weight is 296 g/mol. The number of carbonyl (C=O) groups excluding carboxylic acids is 1. The van der Waals surface area contributed by atoms with E-state index in [2.05, 4.69) is 10.6 Å². The number of benzene rings is 1. The fourth-order valence-electron chi connectivity index (χ4n) is 1.91. The standard InChI is InChI=1S/C15H21FN2O3/c1-10(2)9-13(14(19)20)18-15(21)17-8-7-11-5-3-4-6-12(11)16/h3-6,10,13H,7-9H2,1-2H3,(H,19,20)(H2,17,18,21)/t13-/m0/s1. The molecule has 1 aromatic carbocycles. The third kappa shape index (κ3) is 6.25. The van der Waals surface area contributed by atoms with Crippen LogP contribution in [-0.2, 0) is 11.2 Å². The molecule has 1 rings (SSSR count). The molecule has 0 saturated carbocycles. The van der Waals surface area contributed by atoms with Crippen molar-refractivity contribution in [1.29, 1.82) is 0 Å². The molecule has 1 aromatic rings. The smallest absolute Gasteiger partial charge is 0.326 e. The number of hydrogen-bond acceptors (Lipinski definition) is 2. The third-order valence-electron chi connectivity index (χ3n) is 2.95. The summed E-state index contributed by atoms with van der Waals surface area (Å²) in [6, 6.07) is 4.86. The van der Waals surface area contributed by atoms with Crippen LogP contribution in [0.2, 0.25) is 0 Å². The van der Waals surface area contributed by atoms with Crippen molar-refractivity contribution in [2.45, 2.75) is 32.7 Å². The number of carboxylic acids is 1. The Hall–Kier alpha value is -2.11. The fraction of sp³-hybridized carbons (Fsp3) is 0.467. The van der Waals surface area contributed by atoms with Gasteiger partial charge in [0.05, 0.1) is 0 Å². The topological polar surface area (TPSA) is 78.4 Å². The van der Waals surface area contributed by atoms with E-state index >= 15 is 0 Å². The van der Waals surface area contributed by atoms with E-state index in [-0.39, 0.29) is 18.3 Å². The largest absolute Gasteiger partial charge is 0.480 e. The lowest BCUT2D eigenvalue weighted by molar-refractivity contribution is -0.139. The van der Waals surface area contributed by atoms with Gasteiger partial charge in [-0.15, -0.1) is 0 Å². The van der Waals surface area contributed by atoms with Crippen LogP contribution >= 0.6 is 0 Å². The van der Waals surface area contributed by atoms with Crippen molar-refractivity contribution in [3.05, 3.63) is 35.6 Å². The first-order valence-corrected chi connectivity index (χ1v) is 6.90. The van der Waals surface area contributed by atoms with Crippen LogP contribution in [0.5, 0.6) is 0 Å². The third-order valence-corrected chi connectivity index (χ3v) is 2.95. The van der Waals surface area contributed by atoms with Gasteiger partial charge in [-0.3, -0.25) is 0 Å². The second-order valence-corrected chi connectivity index (χ2v) is 5.26. The number of halogens is 1. The van der Waals surface area contributed by atoms with Crippen LogP contribution in [0.4, 0.5) is 9.18 Å². The summed E-state index contributed by atoms with van der Waals surface area (Å²) in [4.78, 5) is 22.7. The first-order chi connectivity index (χ1) is 9.90. The normalized spacial score (nSPS) is 12.0. The predicted octanol–water partition coefficient (Wildman–Crippen LogP) is 2.17. The van der Waals surface area contributed by atoms with E-state index in [1.807, 2.05) is 13.8 Å². The highest BCUT2D eigenvalue weighted by Crippen LogP contribution is 2.06. The molecule has 0 spiro atoms. The zero-order chi connectivity index (χ0) is 15.8. The van der Waals surface area contributed by atoms with Gasteiger partial charge in [0.1, 0.15) is 11.9 Å². The minimum absolute atomic E-state index is 0.157. The van der Waals surface area contributed by atoms with Crippen LogP contribution in [0.3, 0.4) is 0 Å². The molecule has 0 heterocycles. The van der Waals surface area contributed by atoms with Gasteiger partial charge in [0.2, 0.25) is 0 Å². The van der Waals surface area contributed by atoms with Crippen LogP contribution in [0.1, 0.15) is 25.8 Å². The minimum Gasteiger partial charge on any atom is -0.480 e. The van der Waals surface area contributed by atoms with E-state index in [9.17, 15) is 14.0 Å². The Bertz CT molecular complexity index is 492. The van der Waals surface area contributed by atoms with Gasteiger partial charge in [0.25, 0.3) is 0 Å². The second kappa shape index (κ2) is 8.24. The molecule has 1 atom stereocenters. The molecule has 0 aliphatic carbocycles. The highest BCUT2D eigenvalue weighted by molar-refractivity contribution is 5.82. The SMILES string of the molecule is CC(C)C[C@H](NC(=O)NCCc1ccccc1F)C(=O)O.